The van der Waals surface area contributed by atoms with Crippen molar-refractivity contribution in [1.82, 2.24) is 9.80 Å². The van der Waals surface area contributed by atoms with Crippen LogP contribution in [0.4, 0.5) is 18.9 Å². The molecule has 1 amide bonds. The summed E-state index contributed by atoms with van der Waals surface area (Å²) in [7, 11) is 0. The molecule has 0 radical (unpaired) electrons. The molecule has 0 saturated carbocycles. The summed E-state index contributed by atoms with van der Waals surface area (Å²) in [5.41, 5.74) is 0.155. The Balaban J connectivity index is 1.38. The number of carbonyl (C=O) groups is 1. The van der Waals surface area contributed by atoms with Gasteiger partial charge in [-0.1, -0.05) is 36.4 Å². The first-order valence-corrected chi connectivity index (χ1v) is 10.8. The number of rotatable bonds is 6. The minimum atomic E-state index is -4.45. The van der Waals surface area contributed by atoms with E-state index >= 15 is 0 Å². The molecule has 0 bridgehead atoms. The summed E-state index contributed by atoms with van der Waals surface area (Å²) in [6.07, 6.45) is 1.69. The van der Waals surface area contributed by atoms with Gasteiger partial charge in [0.25, 0.3) is 0 Å². The van der Waals surface area contributed by atoms with Crippen molar-refractivity contribution in [2.24, 2.45) is 0 Å². The highest BCUT2D eigenvalue weighted by Gasteiger charge is 2.33. The molecule has 1 saturated heterocycles. The highest BCUT2D eigenvalue weighted by Crippen LogP contribution is 2.35. The molecule has 9 heteroatoms. The number of hydrogen-bond acceptors (Lipinski definition) is 4. The number of alkyl halides is 3. The number of amides is 1. The van der Waals surface area contributed by atoms with Crippen LogP contribution in [0.1, 0.15) is 17.5 Å². The lowest BCUT2D eigenvalue weighted by Gasteiger charge is -2.27. The van der Waals surface area contributed by atoms with Crippen LogP contribution < -0.4 is 9.64 Å². The van der Waals surface area contributed by atoms with Crippen molar-refractivity contribution in [3.63, 3.8) is 0 Å². The first-order chi connectivity index (χ1) is 15.8. The lowest BCUT2D eigenvalue weighted by Crippen LogP contribution is -2.37. The molecule has 1 atom stereocenters. The highest BCUT2D eigenvalue weighted by molar-refractivity contribution is 6.32. The molecular weight excluding hydrogens is 455 g/mol. The average Bonchev–Trinajstić information content (AvgIpc) is 3.47. The molecule has 2 aromatic carbocycles. The van der Waals surface area contributed by atoms with Crippen molar-refractivity contribution in [1.29, 1.82) is 0 Å². The predicted molar refractivity (Wildman–Crippen MR) is 121 cm³/mol. The van der Waals surface area contributed by atoms with Gasteiger partial charge in [0.05, 0.1) is 17.3 Å². The molecule has 0 unspecified atom stereocenters. The lowest BCUT2D eigenvalue weighted by atomic mass is 10.1. The molecule has 4 rings (SSSR count). The van der Waals surface area contributed by atoms with Gasteiger partial charge >= 0.3 is 6.18 Å². The largest absolute Gasteiger partial charge is 0.487 e. The SMILES string of the molecule is C=CC(=O)N1CC[C@@H](N2C=CN(c3ccc(OCc4ccccc4C(F)(F)F)c(Cl)c3)C2)C1. The van der Waals surface area contributed by atoms with Gasteiger partial charge in [-0.3, -0.25) is 4.79 Å². The van der Waals surface area contributed by atoms with Gasteiger partial charge in [-0.05, 0) is 36.8 Å². The van der Waals surface area contributed by atoms with Gasteiger partial charge in [0.2, 0.25) is 5.91 Å². The van der Waals surface area contributed by atoms with Crippen LogP contribution >= 0.6 is 11.6 Å². The van der Waals surface area contributed by atoms with Crippen LogP contribution in [0.3, 0.4) is 0 Å². The molecule has 2 aliphatic rings. The first kappa shape index (κ1) is 23.0. The van der Waals surface area contributed by atoms with Crippen molar-refractivity contribution in [2.75, 3.05) is 24.7 Å². The molecule has 0 aromatic heterocycles. The van der Waals surface area contributed by atoms with E-state index in [1.165, 1.54) is 18.2 Å². The van der Waals surface area contributed by atoms with Gasteiger partial charge in [-0.25, -0.2) is 0 Å². The van der Waals surface area contributed by atoms with Crippen LogP contribution in [0.5, 0.6) is 5.75 Å². The molecule has 174 valence electrons. The molecule has 2 heterocycles. The minimum Gasteiger partial charge on any atom is -0.487 e. The van der Waals surface area contributed by atoms with E-state index in [0.29, 0.717) is 30.5 Å². The number of ether oxygens (including phenoxy) is 1. The van der Waals surface area contributed by atoms with Crippen molar-refractivity contribution in [2.45, 2.75) is 25.2 Å². The normalized spacial score (nSPS) is 18.2. The molecule has 0 N–H and O–H groups in total. The monoisotopic (exact) mass is 477 g/mol. The van der Waals surface area contributed by atoms with Crippen molar-refractivity contribution >= 4 is 23.2 Å². The van der Waals surface area contributed by atoms with E-state index in [2.05, 4.69) is 11.5 Å². The Kier molecular flexibility index (Phi) is 6.56. The second kappa shape index (κ2) is 9.39. The molecule has 1 fully saturated rings. The third-order valence-electron chi connectivity index (χ3n) is 5.83. The van der Waals surface area contributed by atoms with E-state index in [1.54, 1.807) is 23.1 Å². The molecular formula is C24H23ClF3N3O2. The van der Waals surface area contributed by atoms with E-state index in [9.17, 15) is 18.0 Å². The van der Waals surface area contributed by atoms with Crippen LogP contribution in [0.15, 0.2) is 67.5 Å². The third kappa shape index (κ3) is 5.11. The Morgan fingerprint density at radius 1 is 1.21 bits per heavy atom. The number of carbonyl (C=O) groups excluding carboxylic acids is 1. The number of halogens is 4. The topological polar surface area (TPSA) is 36.0 Å². The Hall–Kier alpha value is -3.13. The maximum atomic E-state index is 13.2. The maximum Gasteiger partial charge on any atom is 0.416 e. The van der Waals surface area contributed by atoms with E-state index in [0.717, 1.165) is 18.2 Å². The second-order valence-corrected chi connectivity index (χ2v) is 8.32. The Morgan fingerprint density at radius 3 is 2.73 bits per heavy atom. The van der Waals surface area contributed by atoms with Gasteiger partial charge < -0.3 is 19.4 Å². The van der Waals surface area contributed by atoms with Crippen LogP contribution in [0, 0.1) is 0 Å². The first-order valence-electron chi connectivity index (χ1n) is 10.5. The average molecular weight is 478 g/mol. The molecule has 2 aromatic rings. The Labute approximate surface area is 195 Å². The molecule has 2 aliphatic heterocycles. The van der Waals surface area contributed by atoms with Crippen LogP contribution in [0.25, 0.3) is 0 Å². The summed E-state index contributed by atoms with van der Waals surface area (Å²) in [6.45, 7) is 5.26. The van der Waals surface area contributed by atoms with E-state index in [-0.39, 0.29) is 24.1 Å². The summed E-state index contributed by atoms with van der Waals surface area (Å²) in [4.78, 5) is 17.8. The fourth-order valence-electron chi connectivity index (χ4n) is 4.05. The Bertz CT molecular complexity index is 1070. The van der Waals surface area contributed by atoms with E-state index in [1.807, 2.05) is 23.4 Å². The maximum absolute atomic E-state index is 13.2. The quantitative estimate of drug-likeness (QED) is 0.531. The van der Waals surface area contributed by atoms with Gasteiger partial charge in [0, 0.05) is 42.8 Å². The van der Waals surface area contributed by atoms with Crippen LogP contribution in [0.2, 0.25) is 5.02 Å². The standard InChI is InChI=1S/C24H23ClF3N3O2/c1-2-23(32)29-10-9-19(14-29)31-12-11-30(16-31)18-7-8-22(21(25)13-18)33-15-17-5-3-4-6-20(17)24(26,27)28/h2-8,11-13,19H,1,9-10,14-16H2/t19-/m1/s1. The number of likely N-dealkylation sites (tertiary alicyclic amines) is 1. The van der Waals surface area contributed by atoms with Crippen molar-refractivity contribution in [3.05, 3.63) is 83.7 Å². The zero-order valence-electron chi connectivity index (χ0n) is 17.8. The summed E-state index contributed by atoms with van der Waals surface area (Å²) >= 11 is 6.37. The number of hydrogen-bond donors (Lipinski definition) is 0. The van der Waals surface area contributed by atoms with Crippen LogP contribution in [-0.2, 0) is 17.6 Å². The third-order valence-corrected chi connectivity index (χ3v) is 6.12. The summed E-state index contributed by atoms with van der Waals surface area (Å²) in [5.74, 6) is 0.254. The number of nitrogens with zero attached hydrogens (tertiary/aromatic N) is 3. The number of anilines is 1. The molecule has 0 aliphatic carbocycles. The van der Waals surface area contributed by atoms with E-state index in [4.69, 9.17) is 16.3 Å². The molecule has 5 nitrogen and oxygen atoms in total. The fraction of sp³-hybridized carbons (Fsp3) is 0.292. The van der Waals surface area contributed by atoms with Crippen molar-refractivity contribution in [3.8, 4) is 5.75 Å². The van der Waals surface area contributed by atoms with E-state index < -0.39 is 11.7 Å². The van der Waals surface area contributed by atoms with Crippen LogP contribution in [-0.4, -0.2) is 41.5 Å². The van der Waals surface area contributed by atoms with Gasteiger partial charge in [0.1, 0.15) is 12.4 Å². The van der Waals surface area contributed by atoms with Gasteiger partial charge in [-0.15, -0.1) is 0 Å². The second-order valence-electron chi connectivity index (χ2n) is 7.91. The predicted octanol–water partition coefficient (Wildman–Crippen LogP) is 5.28. The fourth-order valence-corrected chi connectivity index (χ4v) is 4.28. The molecule has 0 spiro atoms. The highest BCUT2D eigenvalue weighted by atomic mass is 35.5. The smallest absolute Gasteiger partial charge is 0.416 e. The van der Waals surface area contributed by atoms with Gasteiger partial charge in [0.15, 0.2) is 0 Å². The summed E-state index contributed by atoms with van der Waals surface area (Å²) in [5, 5.41) is 0.312. The summed E-state index contributed by atoms with van der Waals surface area (Å²) < 4.78 is 45.1. The van der Waals surface area contributed by atoms with Gasteiger partial charge in [-0.2, -0.15) is 13.2 Å². The zero-order valence-corrected chi connectivity index (χ0v) is 18.5. The summed E-state index contributed by atoms with van der Waals surface area (Å²) in [6, 6.07) is 10.7. The minimum absolute atomic E-state index is 0.0452. The number of benzene rings is 2. The zero-order chi connectivity index (χ0) is 23.6. The lowest BCUT2D eigenvalue weighted by molar-refractivity contribution is -0.138. The Morgan fingerprint density at radius 2 is 2.00 bits per heavy atom. The van der Waals surface area contributed by atoms with Crippen molar-refractivity contribution < 1.29 is 22.7 Å². The molecule has 33 heavy (non-hydrogen) atoms.